The van der Waals surface area contributed by atoms with Crippen molar-refractivity contribution in [3.8, 4) is 145 Å². The highest BCUT2D eigenvalue weighted by atomic mass is 16.3. The average Bonchev–Trinajstić information content (AvgIpc) is 1.51. The van der Waals surface area contributed by atoms with Crippen LogP contribution in [0.5, 0.6) is 0 Å². The van der Waals surface area contributed by atoms with E-state index in [9.17, 15) is 0 Å². The van der Waals surface area contributed by atoms with Gasteiger partial charge in [-0.1, -0.05) is 415 Å². The van der Waals surface area contributed by atoms with E-state index in [4.69, 9.17) is 4.42 Å². The van der Waals surface area contributed by atoms with Crippen molar-refractivity contribution in [2.75, 3.05) is 0 Å². The van der Waals surface area contributed by atoms with Gasteiger partial charge < -0.3 is 4.42 Å². The molecule has 1 aliphatic carbocycles. The van der Waals surface area contributed by atoms with Crippen molar-refractivity contribution in [3.05, 3.63) is 430 Å². The molecule has 19 rings (SSSR count). The minimum absolute atomic E-state index is 0.0368. The van der Waals surface area contributed by atoms with Crippen LogP contribution in [0, 0.1) is 6.92 Å². The molecule has 0 N–H and O–H groups in total. The Bertz CT molecular complexity index is 7220. The summed E-state index contributed by atoms with van der Waals surface area (Å²) in [6, 6.07) is 141. The number of hydrogen-bond acceptors (Lipinski definition) is 1. The lowest BCUT2D eigenvalue weighted by Gasteiger charge is -2.36. The Morgan fingerprint density at radius 3 is 0.730 bits per heavy atom. The molecule has 1 aromatic heterocycles. The van der Waals surface area contributed by atoms with Gasteiger partial charge in [0.25, 0.3) is 0 Å². The molecule has 0 fully saturated rings. The van der Waals surface area contributed by atoms with Crippen molar-refractivity contribution in [2.24, 2.45) is 0 Å². The van der Waals surface area contributed by atoms with E-state index in [1.807, 2.05) is 0 Å². The maximum atomic E-state index is 7.20. The first-order valence-electron chi connectivity index (χ1n) is 49.6. The van der Waals surface area contributed by atoms with Crippen molar-refractivity contribution in [3.63, 3.8) is 0 Å². The van der Waals surface area contributed by atoms with E-state index in [2.05, 4.69) is 531 Å². The highest BCUT2D eigenvalue weighted by Gasteiger charge is 2.49. The van der Waals surface area contributed by atoms with Crippen LogP contribution in [-0.2, 0) is 48.7 Å². The van der Waals surface area contributed by atoms with Gasteiger partial charge in [0, 0.05) is 10.8 Å². The Hall–Kier alpha value is -13.5. The molecule has 0 radical (unpaired) electrons. The molecule has 1 heterocycles. The fourth-order valence-corrected chi connectivity index (χ4v) is 20.9. The normalized spacial score (nSPS) is 13.9. The van der Waals surface area contributed by atoms with E-state index < -0.39 is 5.41 Å². The Balaban J connectivity index is 0.996. The first kappa shape index (κ1) is 92.6. The second-order valence-corrected chi connectivity index (χ2v) is 47.6. The van der Waals surface area contributed by atoms with Crippen molar-refractivity contribution in [1.82, 2.24) is 0 Å². The van der Waals surface area contributed by atoms with Gasteiger partial charge >= 0.3 is 0 Å². The quantitative estimate of drug-likeness (QED) is 0.106. The third kappa shape index (κ3) is 18.1. The first-order chi connectivity index (χ1) is 64.8. The summed E-state index contributed by atoms with van der Waals surface area (Å²) >= 11 is 0. The van der Waals surface area contributed by atoms with Gasteiger partial charge in [0.15, 0.2) is 0 Å². The highest BCUT2D eigenvalue weighted by Crippen LogP contribution is 2.62. The van der Waals surface area contributed by atoms with Gasteiger partial charge in [-0.3, -0.25) is 0 Å². The lowest BCUT2D eigenvalue weighted by molar-refractivity contribution is 0.590. The number of benzene rings is 17. The zero-order chi connectivity index (χ0) is 96.8. The molecule has 684 valence electrons. The molecule has 0 saturated heterocycles. The van der Waals surface area contributed by atoms with Crippen molar-refractivity contribution < 1.29 is 4.42 Å². The second-order valence-electron chi connectivity index (χ2n) is 47.6. The molecule has 1 atom stereocenters. The monoisotopic (exact) mass is 1780 g/mol. The van der Waals surface area contributed by atoms with Crippen LogP contribution in [0.1, 0.15) is 238 Å². The van der Waals surface area contributed by atoms with Gasteiger partial charge in [-0.25, -0.2) is 0 Å². The molecule has 1 aliphatic rings. The van der Waals surface area contributed by atoms with Crippen LogP contribution in [0.2, 0.25) is 0 Å². The van der Waals surface area contributed by atoms with Crippen LogP contribution in [0.4, 0.5) is 0 Å². The van der Waals surface area contributed by atoms with E-state index in [0.29, 0.717) is 0 Å². The summed E-state index contributed by atoms with van der Waals surface area (Å²) in [6.07, 6.45) is 0. The van der Waals surface area contributed by atoms with Crippen molar-refractivity contribution in [2.45, 2.75) is 222 Å². The van der Waals surface area contributed by atoms with Crippen LogP contribution < -0.4 is 0 Å². The van der Waals surface area contributed by atoms with Gasteiger partial charge in [0.1, 0.15) is 11.2 Å². The summed E-state index contributed by atoms with van der Waals surface area (Å²) in [7, 11) is 0. The van der Waals surface area contributed by atoms with E-state index >= 15 is 0 Å². The fraction of sp³-hybridized carbons (Fsp3) is 0.250. The number of rotatable bonds is 14. The van der Waals surface area contributed by atoms with Crippen LogP contribution in [0.15, 0.2) is 362 Å². The third-order valence-corrected chi connectivity index (χ3v) is 29.4. The van der Waals surface area contributed by atoms with Crippen molar-refractivity contribution >= 4 is 21.9 Å². The SMILES string of the molecule is Cc1cccc2c1-c1c(ccc3oc4ccccc4c13)C2(c1cc(-c2cc(-c3ccc(C(C)(C)C)cc3)cc(-c3ccc(C(C)(C)C)cc3)c2)cc(-c2cc(-c3ccc(C(C)(C)C)cc3)cc(-c3ccc(C(C)(C)C)cc3)c2)c1)c1cc(-c2cc(-c3ccc(C(C)(C)C)cc3)cc(-c3ccc(C(C)(C)C)cc3)c2)cc(-c2cc(-c3ccc(C(C)(C)C)cc3)ccc2-c2ccc(C(C)(C)C)cc2)c1. The lowest BCUT2D eigenvalue weighted by Crippen LogP contribution is -2.29. The van der Waals surface area contributed by atoms with Gasteiger partial charge in [-0.15, -0.1) is 0 Å². The van der Waals surface area contributed by atoms with Crippen LogP contribution in [0.25, 0.3) is 167 Å². The summed E-state index contributed by atoms with van der Waals surface area (Å²) in [4.78, 5) is 0. The van der Waals surface area contributed by atoms with Crippen LogP contribution >= 0.6 is 0 Å². The predicted molar refractivity (Wildman–Crippen MR) is 591 cm³/mol. The zero-order valence-corrected chi connectivity index (χ0v) is 85.5. The Morgan fingerprint density at radius 1 is 0.175 bits per heavy atom. The molecular formula is C136H134O. The largest absolute Gasteiger partial charge is 0.456 e. The standard InChI is InChI=1S/C136H134O/c1-85-29-28-31-121-125(85)127-122(67-68-124-126(127)119-30-26-27-32-123(119)137-124)136(121,116-80-104(101-72-95(87-35-52-109(53-36-87)129(5,6)7)69-96(73-101)88-37-54-110(55-38-88)130(8,9)10)78-105(81-116)102-74-97(89-39-56-111(57-40-89)131(11,12)13)70-98(75-102)90-41-58-112(59-42-90)132(14,15)16)117-82-106(103-76-99(91-43-60-113(61-44-91)133(17,18)19)71-100(77-103)92-45-62-114(63-46-92)134(20,21)22)79-107(83-117)120-84-94(86-33-50-108(51-34-86)128(2,3)4)49-66-118(120)93-47-64-115(65-48-93)135(23,24)25/h26-84H,1-25H3. The first-order valence-corrected chi connectivity index (χ1v) is 49.6. The molecule has 1 nitrogen and oxygen atoms in total. The molecule has 18 aromatic rings. The van der Waals surface area contributed by atoms with Gasteiger partial charge in [0.2, 0.25) is 0 Å². The Labute approximate surface area is 817 Å². The summed E-state index contributed by atoms with van der Waals surface area (Å²) in [6.45, 7) is 57.9. The lowest BCUT2D eigenvalue weighted by atomic mass is 9.65. The minimum Gasteiger partial charge on any atom is -0.456 e. The predicted octanol–water partition coefficient (Wildman–Crippen LogP) is 38.6. The zero-order valence-electron chi connectivity index (χ0n) is 85.5. The van der Waals surface area contributed by atoms with E-state index in [0.717, 1.165) is 167 Å². The second kappa shape index (κ2) is 34.4. The van der Waals surface area contributed by atoms with Gasteiger partial charge in [-0.2, -0.15) is 0 Å². The molecule has 0 saturated carbocycles. The Morgan fingerprint density at radius 2 is 0.423 bits per heavy atom. The van der Waals surface area contributed by atoms with E-state index in [1.165, 1.54) is 72.3 Å². The number of fused-ring (bicyclic) bond motifs is 7. The summed E-state index contributed by atoms with van der Waals surface area (Å²) in [5.41, 5.74) is 46.1. The molecule has 1 unspecified atom stereocenters. The van der Waals surface area contributed by atoms with Crippen molar-refractivity contribution in [1.29, 1.82) is 0 Å². The maximum absolute atomic E-state index is 7.20. The summed E-state index contributed by atoms with van der Waals surface area (Å²) in [5.74, 6) is 0. The number of aryl methyl sites for hydroxylation is 1. The smallest absolute Gasteiger partial charge is 0.136 e. The third-order valence-electron chi connectivity index (χ3n) is 29.4. The topological polar surface area (TPSA) is 13.1 Å². The molecule has 0 aliphatic heterocycles. The number of para-hydroxylation sites is 1. The van der Waals surface area contributed by atoms with Gasteiger partial charge in [-0.05, 0) is 376 Å². The van der Waals surface area contributed by atoms with E-state index in [-0.39, 0.29) is 43.3 Å². The molecule has 1 heteroatoms. The Kier molecular flexibility index (Phi) is 23.2. The van der Waals surface area contributed by atoms with E-state index in [1.54, 1.807) is 0 Å². The molecule has 0 bridgehead atoms. The van der Waals surface area contributed by atoms with Gasteiger partial charge in [0.05, 0.1) is 5.41 Å². The maximum Gasteiger partial charge on any atom is 0.136 e. The molecular weight excluding hydrogens is 1650 g/mol. The molecule has 137 heavy (non-hydrogen) atoms. The van der Waals surface area contributed by atoms with Crippen LogP contribution in [-0.4, -0.2) is 0 Å². The van der Waals surface area contributed by atoms with Crippen LogP contribution in [0.3, 0.4) is 0 Å². The fourth-order valence-electron chi connectivity index (χ4n) is 20.9. The molecule has 0 spiro atoms. The summed E-state index contributed by atoms with van der Waals surface area (Å²) in [5, 5.41) is 2.20. The average molecular weight is 1780 g/mol. The molecule has 17 aromatic carbocycles. The number of hydrogen-bond donors (Lipinski definition) is 0. The molecule has 0 amide bonds. The highest BCUT2D eigenvalue weighted by molar-refractivity contribution is 6.16. The minimum atomic E-state index is -1.11. The number of furan rings is 1. The summed E-state index contributed by atoms with van der Waals surface area (Å²) < 4.78 is 7.20.